The van der Waals surface area contributed by atoms with Crippen LogP contribution in [0.5, 0.6) is 0 Å². The van der Waals surface area contributed by atoms with Gasteiger partial charge in [0, 0.05) is 11.1 Å². The quantitative estimate of drug-likeness (QED) is 0.633. The molecule has 2 rings (SSSR count). The van der Waals surface area contributed by atoms with Crippen LogP contribution < -0.4 is 0 Å². The van der Waals surface area contributed by atoms with Crippen molar-refractivity contribution in [1.29, 1.82) is 0 Å². The SMILES string of the molecule is CCOC(=O)Cc1c(C)nc2snc(C=O)c2c1C. The van der Waals surface area contributed by atoms with E-state index in [0.29, 0.717) is 12.3 Å². The van der Waals surface area contributed by atoms with Crippen LogP contribution in [0.15, 0.2) is 0 Å². The zero-order valence-corrected chi connectivity index (χ0v) is 11.8. The zero-order chi connectivity index (χ0) is 14.0. The van der Waals surface area contributed by atoms with Gasteiger partial charge in [0.25, 0.3) is 0 Å². The fourth-order valence-corrected chi connectivity index (χ4v) is 2.91. The average molecular weight is 278 g/mol. The van der Waals surface area contributed by atoms with Crippen LogP contribution >= 0.6 is 11.5 Å². The highest BCUT2D eigenvalue weighted by Gasteiger charge is 2.17. The maximum Gasteiger partial charge on any atom is 0.310 e. The Kier molecular flexibility index (Phi) is 3.90. The molecule has 0 saturated carbocycles. The largest absolute Gasteiger partial charge is 0.466 e. The molecule has 0 aliphatic heterocycles. The molecule has 6 heteroatoms. The lowest BCUT2D eigenvalue weighted by Gasteiger charge is -2.09. The van der Waals surface area contributed by atoms with Crippen molar-refractivity contribution in [3.63, 3.8) is 0 Å². The second-order valence-electron chi connectivity index (χ2n) is 4.15. The van der Waals surface area contributed by atoms with Gasteiger partial charge in [-0.05, 0) is 43.4 Å². The van der Waals surface area contributed by atoms with Gasteiger partial charge in [0.05, 0.1) is 13.0 Å². The summed E-state index contributed by atoms with van der Waals surface area (Å²) >= 11 is 1.20. The van der Waals surface area contributed by atoms with Crippen LogP contribution in [0.3, 0.4) is 0 Å². The molecule has 2 aromatic heterocycles. The summed E-state index contributed by atoms with van der Waals surface area (Å²) in [6, 6.07) is 0. The molecular weight excluding hydrogens is 264 g/mol. The number of hydrogen-bond donors (Lipinski definition) is 0. The van der Waals surface area contributed by atoms with E-state index >= 15 is 0 Å². The predicted octanol–water partition coefficient (Wildman–Crippen LogP) is 2.23. The standard InChI is InChI=1S/C13H14N2O3S/c1-4-18-11(17)5-9-7(2)12-10(6-16)15-19-13(12)14-8(9)3/h6H,4-5H2,1-3H3. The number of pyridine rings is 1. The highest BCUT2D eigenvalue weighted by molar-refractivity contribution is 7.13. The van der Waals surface area contributed by atoms with Crippen molar-refractivity contribution in [2.45, 2.75) is 27.2 Å². The average Bonchev–Trinajstić information content (AvgIpc) is 2.77. The van der Waals surface area contributed by atoms with Crippen molar-refractivity contribution >= 4 is 34.0 Å². The number of hydrogen-bond acceptors (Lipinski definition) is 6. The summed E-state index contributed by atoms with van der Waals surface area (Å²) in [7, 11) is 0. The van der Waals surface area contributed by atoms with Gasteiger partial charge in [-0.15, -0.1) is 0 Å². The molecule has 2 heterocycles. The topological polar surface area (TPSA) is 69.2 Å². The maximum atomic E-state index is 11.6. The smallest absolute Gasteiger partial charge is 0.310 e. The number of rotatable bonds is 4. The first kappa shape index (κ1) is 13.6. The van der Waals surface area contributed by atoms with Gasteiger partial charge in [0.2, 0.25) is 0 Å². The molecule has 0 spiro atoms. The van der Waals surface area contributed by atoms with Crippen molar-refractivity contribution in [1.82, 2.24) is 9.36 Å². The first-order valence-electron chi connectivity index (χ1n) is 5.94. The lowest BCUT2D eigenvalue weighted by Crippen LogP contribution is -2.10. The van der Waals surface area contributed by atoms with Crippen LogP contribution in [-0.4, -0.2) is 28.2 Å². The van der Waals surface area contributed by atoms with Gasteiger partial charge in [0.15, 0.2) is 6.29 Å². The number of nitrogens with zero attached hydrogens (tertiary/aromatic N) is 2. The molecule has 0 amide bonds. The van der Waals surface area contributed by atoms with Gasteiger partial charge in [0.1, 0.15) is 10.5 Å². The molecule has 5 nitrogen and oxygen atoms in total. The van der Waals surface area contributed by atoms with Gasteiger partial charge in [-0.2, -0.15) is 4.37 Å². The zero-order valence-electron chi connectivity index (χ0n) is 11.0. The molecule has 0 atom stereocenters. The predicted molar refractivity (Wildman–Crippen MR) is 72.6 cm³/mol. The lowest BCUT2D eigenvalue weighted by molar-refractivity contribution is -0.142. The fourth-order valence-electron chi connectivity index (χ4n) is 2.06. The number of aromatic nitrogens is 2. The molecule has 0 bridgehead atoms. The third kappa shape index (κ3) is 2.49. The van der Waals surface area contributed by atoms with E-state index in [-0.39, 0.29) is 12.4 Å². The number of carbonyl (C=O) groups is 2. The van der Waals surface area contributed by atoms with Crippen LogP contribution in [0.25, 0.3) is 10.2 Å². The fraction of sp³-hybridized carbons (Fsp3) is 0.385. The maximum absolute atomic E-state index is 11.6. The molecule has 19 heavy (non-hydrogen) atoms. The Morgan fingerprint density at radius 3 is 2.79 bits per heavy atom. The monoisotopic (exact) mass is 278 g/mol. The Hall–Kier alpha value is -1.82. The minimum Gasteiger partial charge on any atom is -0.466 e. The number of esters is 1. The molecule has 2 aromatic rings. The summed E-state index contributed by atoms with van der Waals surface area (Å²) < 4.78 is 9.02. The Morgan fingerprint density at radius 2 is 2.16 bits per heavy atom. The van der Waals surface area contributed by atoms with Crippen molar-refractivity contribution in [3.8, 4) is 0 Å². The third-order valence-electron chi connectivity index (χ3n) is 2.97. The summed E-state index contributed by atoms with van der Waals surface area (Å²) in [4.78, 5) is 27.7. The van der Waals surface area contributed by atoms with Crippen molar-refractivity contribution in [2.24, 2.45) is 0 Å². The first-order chi connectivity index (χ1) is 9.08. The first-order valence-corrected chi connectivity index (χ1v) is 6.72. The number of aryl methyl sites for hydroxylation is 2. The second-order valence-corrected chi connectivity index (χ2v) is 4.90. The van der Waals surface area contributed by atoms with Gasteiger partial charge < -0.3 is 4.74 Å². The van der Waals surface area contributed by atoms with Crippen molar-refractivity contribution < 1.29 is 14.3 Å². The van der Waals surface area contributed by atoms with Crippen LogP contribution in [0.1, 0.15) is 34.2 Å². The third-order valence-corrected chi connectivity index (χ3v) is 3.73. The summed E-state index contributed by atoms with van der Waals surface area (Å²) in [5.74, 6) is -0.286. The lowest BCUT2D eigenvalue weighted by atomic mass is 10.0. The van der Waals surface area contributed by atoms with E-state index in [1.54, 1.807) is 6.92 Å². The van der Waals surface area contributed by atoms with E-state index in [2.05, 4.69) is 9.36 Å². The highest BCUT2D eigenvalue weighted by Crippen LogP contribution is 2.28. The van der Waals surface area contributed by atoms with Crippen LogP contribution in [0.2, 0.25) is 0 Å². The Bertz CT molecular complexity index is 649. The van der Waals surface area contributed by atoms with E-state index in [4.69, 9.17) is 4.74 Å². The molecule has 0 aliphatic carbocycles. The number of aldehydes is 1. The Morgan fingerprint density at radius 1 is 1.42 bits per heavy atom. The molecule has 0 radical (unpaired) electrons. The molecule has 0 saturated heterocycles. The normalized spacial score (nSPS) is 10.7. The van der Waals surface area contributed by atoms with Crippen molar-refractivity contribution in [2.75, 3.05) is 6.61 Å². The summed E-state index contributed by atoms with van der Waals surface area (Å²) in [6.45, 7) is 5.85. The van der Waals surface area contributed by atoms with Crippen molar-refractivity contribution in [3.05, 3.63) is 22.5 Å². The molecule has 0 fully saturated rings. The molecule has 0 unspecified atom stereocenters. The summed E-state index contributed by atoms with van der Waals surface area (Å²) in [6.07, 6.45) is 0.888. The summed E-state index contributed by atoms with van der Waals surface area (Å²) in [5, 5.41) is 0.741. The molecule has 100 valence electrons. The van der Waals surface area contributed by atoms with Crippen LogP contribution in [0.4, 0.5) is 0 Å². The van der Waals surface area contributed by atoms with Gasteiger partial charge >= 0.3 is 5.97 Å². The number of fused-ring (bicyclic) bond motifs is 1. The molecule has 0 aromatic carbocycles. The Balaban J connectivity index is 2.54. The minimum atomic E-state index is -0.286. The van der Waals surface area contributed by atoms with Crippen LogP contribution in [0, 0.1) is 13.8 Å². The van der Waals surface area contributed by atoms with Crippen LogP contribution in [-0.2, 0) is 16.0 Å². The minimum absolute atomic E-state index is 0.169. The summed E-state index contributed by atoms with van der Waals surface area (Å²) in [5.41, 5.74) is 2.86. The van der Waals surface area contributed by atoms with Gasteiger partial charge in [-0.25, -0.2) is 4.98 Å². The van der Waals surface area contributed by atoms with E-state index in [0.717, 1.165) is 33.3 Å². The van der Waals surface area contributed by atoms with E-state index in [1.165, 1.54) is 11.5 Å². The van der Waals surface area contributed by atoms with E-state index in [9.17, 15) is 9.59 Å². The Labute approximate surface area is 114 Å². The molecular formula is C13H14N2O3S. The van der Waals surface area contributed by atoms with Gasteiger partial charge in [-0.1, -0.05) is 0 Å². The van der Waals surface area contributed by atoms with E-state index < -0.39 is 0 Å². The molecule has 0 N–H and O–H groups in total. The highest BCUT2D eigenvalue weighted by atomic mass is 32.1. The molecule has 0 aliphatic rings. The van der Waals surface area contributed by atoms with E-state index in [1.807, 2.05) is 13.8 Å². The number of carbonyl (C=O) groups excluding carboxylic acids is 2. The van der Waals surface area contributed by atoms with Gasteiger partial charge in [-0.3, -0.25) is 9.59 Å². The second kappa shape index (κ2) is 5.44. The number of ether oxygens (including phenoxy) is 1.